The van der Waals surface area contributed by atoms with Crippen LogP contribution in [-0.2, 0) is 0 Å². The van der Waals surface area contributed by atoms with Crippen molar-refractivity contribution < 1.29 is 9.53 Å². The number of carbonyl (C=O) groups excluding carboxylic acids is 1. The molecule has 1 aromatic heterocycles. The van der Waals surface area contributed by atoms with Crippen LogP contribution < -0.4 is 4.74 Å². The molecule has 0 bridgehead atoms. The van der Waals surface area contributed by atoms with Gasteiger partial charge in [-0.25, -0.2) is 0 Å². The van der Waals surface area contributed by atoms with Crippen molar-refractivity contribution in [2.75, 3.05) is 6.61 Å². The first kappa shape index (κ1) is 15.2. The van der Waals surface area contributed by atoms with E-state index in [2.05, 4.69) is 11.5 Å². The second-order valence-electron chi connectivity index (χ2n) is 6.01. The molecule has 0 saturated heterocycles. The van der Waals surface area contributed by atoms with Gasteiger partial charge < -0.3 is 9.30 Å². The zero-order chi connectivity index (χ0) is 15.9. The Morgan fingerprint density at radius 3 is 2.64 bits per heavy atom. The predicted molar refractivity (Wildman–Crippen MR) is 88.2 cm³/mol. The van der Waals surface area contributed by atoms with Crippen molar-refractivity contribution in [1.82, 2.24) is 4.57 Å². The van der Waals surface area contributed by atoms with Gasteiger partial charge in [-0.1, -0.05) is 11.6 Å². The minimum Gasteiger partial charge on any atom is -0.485 e. The number of halogens is 1. The van der Waals surface area contributed by atoms with E-state index in [1.807, 2.05) is 26.0 Å². The van der Waals surface area contributed by atoms with Crippen molar-refractivity contribution in [1.29, 1.82) is 0 Å². The van der Waals surface area contributed by atoms with Crippen molar-refractivity contribution in [3.8, 4) is 5.75 Å². The lowest BCUT2D eigenvalue weighted by molar-refractivity contribution is 0.0920. The lowest BCUT2D eigenvalue weighted by Gasteiger charge is -2.09. The predicted octanol–water partition coefficient (Wildman–Crippen LogP) is 4.66. The number of aryl methyl sites for hydroxylation is 2. The Kier molecular flexibility index (Phi) is 4.00. The van der Waals surface area contributed by atoms with Crippen LogP contribution in [0.3, 0.4) is 0 Å². The highest BCUT2D eigenvalue weighted by atomic mass is 35.5. The number of rotatable bonds is 5. The number of nitrogens with zero attached hydrogens (tertiary/aromatic N) is 1. The van der Waals surface area contributed by atoms with Crippen molar-refractivity contribution in [3.05, 3.63) is 51.8 Å². The minimum atomic E-state index is 0.0209. The van der Waals surface area contributed by atoms with Crippen LogP contribution in [0.1, 0.15) is 46.2 Å². The Bertz CT molecular complexity index is 729. The van der Waals surface area contributed by atoms with Gasteiger partial charge in [-0.3, -0.25) is 4.79 Å². The maximum absolute atomic E-state index is 12.4. The molecule has 116 valence electrons. The van der Waals surface area contributed by atoms with E-state index in [1.54, 1.807) is 12.1 Å². The first-order valence-corrected chi connectivity index (χ1v) is 7.95. The van der Waals surface area contributed by atoms with Crippen LogP contribution in [0.4, 0.5) is 0 Å². The van der Waals surface area contributed by atoms with E-state index in [1.165, 1.54) is 12.8 Å². The highest BCUT2D eigenvalue weighted by Gasteiger charge is 2.28. The van der Waals surface area contributed by atoms with Crippen molar-refractivity contribution in [3.63, 3.8) is 0 Å². The molecule has 4 heteroatoms. The molecule has 1 aromatic carbocycles. The Morgan fingerprint density at radius 2 is 2.00 bits per heavy atom. The molecule has 1 aliphatic rings. The summed E-state index contributed by atoms with van der Waals surface area (Å²) in [6.07, 6.45) is 2.43. The third-order valence-electron chi connectivity index (χ3n) is 4.20. The monoisotopic (exact) mass is 317 g/mol. The number of hydrogen-bond donors (Lipinski definition) is 0. The van der Waals surface area contributed by atoms with Crippen LogP contribution in [-0.4, -0.2) is 17.0 Å². The highest BCUT2D eigenvalue weighted by Crippen LogP contribution is 2.38. The van der Waals surface area contributed by atoms with Crippen LogP contribution in [0.5, 0.6) is 5.75 Å². The van der Waals surface area contributed by atoms with E-state index in [-0.39, 0.29) is 12.4 Å². The van der Waals surface area contributed by atoms with E-state index in [0.717, 1.165) is 22.5 Å². The summed E-state index contributed by atoms with van der Waals surface area (Å²) in [5, 5.41) is 0.701. The SMILES string of the molecule is Cc1cc(OCC(=O)c2cc(C)n(C3CC3)c2C)ccc1Cl. The average Bonchev–Trinajstić information content (AvgIpc) is 3.26. The molecule has 0 unspecified atom stereocenters. The maximum atomic E-state index is 12.4. The molecule has 1 heterocycles. The van der Waals surface area contributed by atoms with Gasteiger partial charge in [-0.15, -0.1) is 0 Å². The quantitative estimate of drug-likeness (QED) is 0.751. The van der Waals surface area contributed by atoms with Gasteiger partial charge in [0.15, 0.2) is 6.61 Å². The lowest BCUT2D eigenvalue weighted by atomic mass is 10.1. The number of benzene rings is 1. The summed E-state index contributed by atoms with van der Waals surface area (Å²) in [6, 6.07) is 7.99. The van der Waals surface area contributed by atoms with Crippen LogP contribution in [0.25, 0.3) is 0 Å². The fraction of sp³-hybridized carbons (Fsp3) is 0.389. The second kappa shape index (κ2) is 5.81. The first-order chi connectivity index (χ1) is 10.5. The smallest absolute Gasteiger partial charge is 0.202 e. The number of Topliss-reactive ketones (excluding diaryl/α,β-unsaturated/α-hetero) is 1. The Morgan fingerprint density at radius 1 is 1.27 bits per heavy atom. The Labute approximate surface area is 135 Å². The second-order valence-corrected chi connectivity index (χ2v) is 6.42. The minimum absolute atomic E-state index is 0.0209. The van der Waals surface area contributed by atoms with Gasteiger partial charge in [0.1, 0.15) is 5.75 Å². The molecule has 0 spiro atoms. The van der Waals surface area contributed by atoms with Crippen molar-refractivity contribution in [2.24, 2.45) is 0 Å². The van der Waals surface area contributed by atoms with Crippen molar-refractivity contribution >= 4 is 17.4 Å². The molecule has 3 rings (SSSR count). The van der Waals surface area contributed by atoms with Gasteiger partial charge in [0.05, 0.1) is 0 Å². The van der Waals surface area contributed by atoms with Gasteiger partial charge >= 0.3 is 0 Å². The Hall–Kier alpha value is -1.74. The molecule has 1 saturated carbocycles. The number of ketones is 1. The molecule has 0 atom stereocenters. The van der Waals surface area contributed by atoms with E-state index in [4.69, 9.17) is 16.3 Å². The third-order valence-corrected chi connectivity index (χ3v) is 4.62. The summed E-state index contributed by atoms with van der Waals surface area (Å²) < 4.78 is 7.90. The van der Waals surface area contributed by atoms with Gasteiger partial charge in [0.2, 0.25) is 5.78 Å². The zero-order valence-corrected chi connectivity index (χ0v) is 13.9. The molecule has 0 N–H and O–H groups in total. The molecule has 3 nitrogen and oxygen atoms in total. The summed E-state index contributed by atoms with van der Waals surface area (Å²) in [5.41, 5.74) is 3.93. The number of ether oxygens (including phenoxy) is 1. The summed E-state index contributed by atoms with van der Waals surface area (Å²) in [5.74, 6) is 0.693. The summed E-state index contributed by atoms with van der Waals surface area (Å²) >= 11 is 5.99. The fourth-order valence-corrected chi connectivity index (χ4v) is 3.01. The average molecular weight is 318 g/mol. The zero-order valence-electron chi connectivity index (χ0n) is 13.1. The third kappa shape index (κ3) is 2.91. The summed E-state index contributed by atoms with van der Waals surface area (Å²) in [6.45, 7) is 6.05. The first-order valence-electron chi connectivity index (χ1n) is 7.58. The normalized spacial score (nSPS) is 14.2. The Balaban J connectivity index is 1.72. The van der Waals surface area contributed by atoms with Crippen LogP contribution in [0.15, 0.2) is 24.3 Å². The molecule has 0 radical (unpaired) electrons. The number of carbonyl (C=O) groups is 1. The molecule has 0 amide bonds. The molecule has 1 aliphatic carbocycles. The van der Waals surface area contributed by atoms with Crippen LogP contribution in [0, 0.1) is 20.8 Å². The van der Waals surface area contributed by atoms with Gasteiger partial charge in [-0.2, -0.15) is 0 Å². The van der Waals surface area contributed by atoms with Gasteiger partial charge in [0.25, 0.3) is 0 Å². The maximum Gasteiger partial charge on any atom is 0.202 e. The van der Waals surface area contributed by atoms with E-state index in [0.29, 0.717) is 16.8 Å². The van der Waals surface area contributed by atoms with E-state index in [9.17, 15) is 4.79 Å². The van der Waals surface area contributed by atoms with Crippen LogP contribution >= 0.6 is 11.6 Å². The fourth-order valence-electron chi connectivity index (χ4n) is 2.89. The summed E-state index contributed by atoms with van der Waals surface area (Å²) in [7, 11) is 0. The van der Waals surface area contributed by atoms with Gasteiger partial charge in [-0.05, 0) is 63.4 Å². The lowest BCUT2D eigenvalue weighted by Crippen LogP contribution is -2.13. The standard InChI is InChI=1S/C18H20ClNO2/c1-11-8-15(6-7-17(11)19)22-10-18(21)16-9-12(2)20(13(16)3)14-4-5-14/h6-9,14H,4-5,10H2,1-3H3. The van der Waals surface area contributed by atoms with Crippen LogP contribution in [0.2, 0.25) is 5.02 Å². The van der Waals surface area contributed by atoms with Crippen molar-refractivity contribution in [2.45, 2.75) is 39.7 Å². The van der Waals surface area contributed by atoms with E-state index >= 15 is 0 Å². The highest BCUT2D eigenvalue weighted by molar-refractivity contribution is 6.31. The molecule has 1 fully saturated rings. The number of aromatic nitrogens is 1. The molecular weight excluding hydrogens is 298 g/mol. The molecule has 2 aromatic rings. The number of hydrogen-bond acceptors (Lipinski definition) is 2. The molecule has 0 aliphatic heterocycles. The van der Waals surface area contributed by atoms with Gasteiger partial charge in [0, 0.05) is 28.0 Å². The molecule has 22 heavy (non-hydrogen) atoms. The van der Waals surface area contributed by atoms with E-state index < -0.39 is 0 Å². The topological polar surface area (TPSA) is 31.2 Å². The molecular formula is C18H20ClNO2. The summed E-state index contributed by atoms with van der Waals surface area (Å²) in [4.78, 5) is 12.4. The largest absolute Gasteiger partial charge is 0.485 e.